The number of nitrogens with zero attached hydrogens (tertiary/aromatic N) is 2. The van der Waals surface area contributed by atoms with Gasteiger partial charge in [-0.2, -0.15) is 0 Å². The third kappa shape index (κ3) is 2.63. The van der Waals surface area contributed by atoms with Gasteiger partial charge in [0.15, 0.2) is 0 Å². The molecule has 1 saturated carbocycles. The molecule has 1 aromatic heterocycles. The molecule has 1 aromatic rings. The molecule has 0 amide bonds. The minimum atomic E-state index is 0.583. The lowest BCUT2D eigenvalue weighted by Crippen LogP contribution is -2.32. The summed E-state index contributed by atoms with van der Waals surface area (Å²) in [5, 5.41) is 0.583. The molecule has 0 aromatic carbocycles. The molecule has 1 aliphatic carbocycles. The van der Waals surface area contributed by atoms with Crippen LogP contribution in [0.2, 0.25) is 5.15 Å². The Morgan fingerprint density at radius 2 is 2.27 bits per heavy atom. The second kappa shape index (κ2) is 4.84. The maximum atomic E-state index is 5.89. The number of aromatic nitrogens is 1. The molecule has 0 unspecified atom stereocenters. The van der Waals surface area contributed by atoms with Crippen LogP contribution in [0.4, 0.5) is 5.82 Å². The standard InChI is InChI=1S/C12H17ClN2/c1-2-15(9-10-5-3-6-10)12-8-4-7-11(13)14-12/h4,7-8,10H,2-3,5-6,9H2,1H3. The summed E-state index contributed by atoms with van der Waals surface area (Å²) in [4.78, 5) is 6.66. The van der Waals surface area contributed by atoms with Crippen LogP contribution in [0.15, 0.2) is 18.2 Å². The average molecular weight is 225 g/mol. The number of pyridine rings is 1. The van der Waals surface area contributed by atoms with E-state index in [1.807, 2.05) is 18.2 Å². The fraction of sp³-hybridized carbons (Fsp3) is 0.583. The highest BCUT2D eigenvalue weighted by Gasteiger charge is 2.20. The molecule has 82 valence electrons. The topological polar surface area (TPSA) is 16.1 Å². The zero-order valence-corrected chi connectivity index (χ0v) is 9.87. The van der Waals surface area contributed by atoms with Gasteiger partial charge in [-0.25, -0.2) is 4.98 Å². The van der Waals surface area contributed by atoms with Gasteiger partial charge in [-0.1, -0.05) is 24.1 Å². The van der Waals surface area contributed by atoms with Crippen LogP contribution in [-0.4, -0.2) is 18.1 Å². The van der Waals surface area contributed by atoms with E-state index in [9.17, 15) is 0 Å². The smallest absolute Gasteiger partial charge is 0.131 e. The van der Waals surface area contributed by atoms with Gasteiger partial charge < -0.3 is 4.90 Å². The van der Waals surface area contributed by atoms with Crippen LogP contribution in [0, 0.1) is 5.92 Å². The van der Waals surface area contributed by atoms with E-state index in [-0.39, 0.29) is 0 Å². The Labute approximate surface area is 96.3 Å². The first kappa shape index (κ1) is 10.7. The molecule has 0 aliphatic heterocycles. The first-order valence-corrected chi connectivity index (χ1v) is 6.05. The molecule has 0 radical (unpaired) electrons. The molecule has 0 N–H and O–H groups in total. The lowest BCUT2D eigenvalue weighted by molar-refractivity contribution is 0.318. The van der Waals surface area contributed by atoms with Crippen LogP contribution in [-0.2, 0) is 0 Å². The Morgan fingerprint density at radius 3 is 2.80 bits per heavy atom. The lowest BCUT2D eigenvalue weighted by atomic mass is 9.85. The van der Waals surface area contributed by atoms with Gasteiger partial charge in [-0.3, -0.25) is 0 Å². The summed E-state index contributed by atoms with van der Waals surface area (Å²) >= 11 is 5.89. The van der Waals surface area contributed by atoms with Crippen molar-refractivity contribution in [1.29, 1.82) is 0 Å². The third-order valence-corrected chi connectivity index (χ3v) is 3.32. The number of anilines is 1. The highest BCUT2D eigenvalue weighted by molar-refractivity contribution is 6.29. The molecule has 0 bridgehead atoms. The quantitative estimate of drug-likeness (QED) is 0.730. The van der Waals surface area contributed by atoms with E-state index >= 15 is 0 Å². The number of hydrogen-bond acceptors (Lipinski definition) is 2. The van der Waals surface area contributed by atoms with Crippen LogP contribution in [0.3, 0.4) is 0 Å². The van der Waals surface area contributed by atoms with Crippen LogP contribution in [0.5, 0.6) is 0 Å². The van der Waals surface area contributed by atoms with Gasteiger partial charge in [-0.05, 0) is 37.8 Å². The largest absolute Gasteiger partial charge is 0.357 e. The molecule has 2 nitrogen and oxygen atoms in total. The second-order valence-corrected chi connectivity index (χ2v) is 4.54. The summed E-state index contributed by atoms with van der Waals surface area (Å²) in [6.45, 7) is 4.30. The van der Waals surface area contributed by atoms with Crippen LogP contribution < -0.4 is 4.90 Å². The molecule has 0 spiro atoms. The van der Waals surface area contributed by atoms with E-state index in [4.69, 9.17) is 11.6 Å². The molecule has 1 heterocycles. The van der Waals surface area contributed by atoms with Crippen molar-refractivity contribution in [3.63, 3.8) is 0 Å². The SMILES string of the molecule is CCN(CC1CCC1)c1cccc(Cl)n1. The fourth-order valence-electron chi connectivity index (χ4n) is 1.95. The summed E-state index contributed by atoms with van der Waals surface area (Å²) in [5.41, 5.74) is 0. The number of halogens is 1. The minimum absolute atomic E-state index is 0.583. The molecular weight excluding hydrogens is 208 g/mol. The predicted octanol–water partition coefficient (Wildman–Crippen LogP) is 3.36. The molecular formula is C12H17ClN2. The Bertz CT molecular complexity index is 323. The highest BCUT2D eigenvalue weighted by atomic mass is 35.5. The zero-order valence-electron chi connectivity index (χ0n) is 9.12. The van der Waals surface area contributed by atoms with Crippen molar-refractivity contribution < 1.29 is 0 Å². The average Bonchev–Trinajstić information content (AvgIpc) is 2.16. The number of hydrogen-bond donors (Lipinski definition) is 0. The Hall–Kier alpha value is -0.760. The van der Waals surface area contributed by atoms with E-state index < -0.39 is 0 Å². The summed E-state index contributed by atoms with van der Waals surface area (Å²) in [5.74, 6) is 1.88. The van der Waals surface area contributed by atoms with E-state index in [1.165, 1.54) is 19.3 Å². The predicted molar refractivity (Wildman–Crippen MR) is 64.5 cm³/mol. The van der Waals surface area contributed by atoms with Gasteiger partial charge >= 0.3 is 0 Å². The molecule has 0 saturated heterocycles. The summed E-state index contributed by atoms with van der Waals surface area (Å²) in [7, 11) is 0. The van der Waals surface area contributed by atoms with Gasteiger partial charge in [0.05, 0.1) is 0 Å². The van der Waals surface area contributed by atoms with Crippen molar-refractivity contribution in [2.24, 2.45) is 5.92 Å². The van der Waals surface area contributed by atoms with E-state index in [2.05, 4.69) is 16.8 Å². The van der Waals surface area contributed by atoms with Gasteiger partial charge in [0.1, 0.15) is 11.0 Å². The van der Waals surface area contributed by atoms with Crippen molar-refractivity contribution >= 4 is 17.4 Å². The summed E-state index contributed by atoms with van der Waals surface area (Å²) in [6, 6.07) is 5.82. The van der Waals surface area contributed by atoms with Crippen LogP contribution in [0.1, 0.15) is 26.2 Å². The highest BCUT2D eigenvalue weighted by Crippen LogP contribution is 2.28. The van der Waals surface area contributed by atoms with Crippen molar-refractivity contribution in [3.05, 3.63) is 23.4 Å². The second-order valence-electron chi connectivity index (χ2n) is 4.15. The monoisotopic (exact) mass is 224 g/mol. The zero-order chi connectivity index (χ0) is 10.7. The van der Waals surface area contributed by atoms with Crippen molar-refractivity contribution in [1.82, 2.24) is 4.98 Å². The van der Waals surface area contributed by atoms with Crippen molar-refractivity contribution in [2.45, 2.75) is 26.2 Å². The Kier molecular flexibility index (Phi) is 3.47. The van der Waals surface area contributed by atoms with E-state index in [0.717, 1.165) is 24.8 Å². The van der Waals surface area contributed by atoms with Crippen molar-refractivity contribution in [3.8, 4) is 0 Å². The normalized spacial score (nSPS) is 16.1. The minimum Gasteiger partial charge on any atom is -0.357 e. The molecule has 15 heavy (non-hydrogen) atoms. The first-order chi connectivity index (χ1) is 7.29. The van der Waals surface area contributed by atoms with Crippen LogP contribution >= 0.6 is 11.6 Å². The third-order valence-electron chi connectivity index (χ3n) is 3.11. The van der Waals surface area contributed by atoms with Gasteiger partial charge in [-0.15, -0.1) is 0 Å². The van der Waals surface area contributed by atoms with Gasteiger partial charge in [0.25, 0.3) is 0 Å². The number of rotatable bonds is 4. The maximum Gasteiger partial charge on any atom is 0.131 e. The van der Waals surface area contributed by atoms with E-state index in [1.54, 1.807) is 0 Å². The Balaban J connectivity index is 2.04. The molecule has 1 fully saturated rings. The first-order valence-electron chi connectivity index (χ1n) is 5.67. The van der Waals surface area contributed by atoms with Gasteiger partial charge in [0.2, 0.25) is 0 Å². The summed E-state index contributed by atoms with van der Waals surface area (Å²) < 4.78 is 0. The van der Waals surface area contributed by atoms with Gasteiger partial charge in [0, 0.05) is 13.1 Å². The van der Waals surface area contributed by atoms with Crippen LogP contribution in [0.25, 0.3) is 0 Å². The fourth-order valence-corrected chi connectivity index (χ4v) is 2.10. The molecule has 1 aliphatic rings. The Morgan fingerprint density at radius 1 is 1.47 bits per heavy atom. The lowest BCUT2D eigenvalue weighted by Gasteiger charge is -2.32. The molecule has 0 atom stereocenters. The molecule has 2 rings (SSSR count). The van der Waals surface area contributed by atoms with Crippen molar-refractivity contribution in [2.75, 3.05) is 18.0 Å². The molecule has 3 heteroatoms. The maximum absolute atomic E-state index is 5.89. The summed E-state index contributed by atoms with van der Waals surface area (Å²) in [6.07, 6.45) is 4.14. The van der Waals surface area contributed by atoms with E-state index in [0.29, 0.717) is 5.15 Å².